The second-order valence-corrected chi connectivity index (χ2v) is 8.04. The quantitative estimate of drug-likeness (QED) is 0.698. The summed E-state index contributed by atoms with van der Waals surface area (Å²) in [6.07, 6.45) is 7.20. The molecule has 0 spiro atoms. The first-order valence-electron chi connectivity index (χ1n) is 9.27. The maximum absolute atomic E-state index is 12.2. The molecule has 1 aliphatic heterocycles. The summed E-state index contributed by atoms with van der Waals surface area (Å²) in [7, 11) is 0. The molecule has 0 bridgehead atoms. The molecule has 0 N–H and O–H groups in total. The molecule has 0 amide bonds. The van der Waals surface area contributed by atoms with E-state index in [4.69, 9.17) is 0 Å². The van der Waals surface area contributed by atoms with Gasteiger partial charge in [0.2, 0.25) is 10.1 Å². The van der Waals surface area contributed by atoms with Crippen molar-refractivity contribution in [2.75, 3.05) is 18.0 Å². The first-order chi connectivity index (χ1) is 12.7. The van der Waals surface area contributed by atoms with Gasteiger partial charge >= 0.3 is 0 Å². The van der Waals surface area contributed by atoms with Gasteiger partial charge in [0.25, 0.3) is 5.56 Å². The van der Waals surface area contributed by atoms with Gasteiger partial charge in [-0.2, -0.15) is 4.52 Å². The number of fused-ring (bicyclic) bond motifs is 1. The Balaban J connectivity index is 1.35. The van der Waals surface area contributed by atoms with Gasteiger partial charge in [0.15, 0.2) is 0 Å². The van der Waals surface area contributed by atoms with Crippen molar-refractivity contribution in [1.82, 2.24) is 29.4 Å². The van der Waals surface area contributed by atoms with E-state index in [1.807, 2.05) is 13.3 Å². The van der Waals surface area contributed by atoms with Gasteiger partial charge in [-0.25, -0.2) is 4.98 Å². The van der Waals surface area contributed by atoms with Crippen molar-refractivity contribution >= 4 is 21.4 Å². The van der Waals surface area contributed by atoms with Crippen molar-refractivity contribution in [3.63, 3.8) is 0 Å². The Morgan fingerprint density at radius 2 is 2.04 bits per heavy atom. The van der Waals surface area contributed by atoms with Crippen LogP contribution < -0.4 is 10.5 Å². The lowest BCUT2D eigenvalue weighted by Gasteiger charge is -2.31. The Bertz CT molecular complexity index is 994. The molecule has 0 radical (unpaired) electrons. The van der Waals surface area contributed by atoms with E-state index >= 15 is 0 Å². The first-order valence-corrected chi connectivity index (χ1v) is 10.1. The summed E-state index contributed by atoms with van der Waals surface area (Å²) in [6, 6.07) is 2.20. The van der Waals surface area contributed by atoms with Crippen LogP contribution in [-0.4, -0.2) is 42.5 Å². The van der Waals surface area contributed by atoms with Crippen LogP contribution in [0.1, 0.15) is 56.1 Å². The molecular formula is C17H21N7OS. The number of anilines is 1. The van der Waals surface area contributed by atoms with Crippen LogP contribution in [0, 0.1) is 0 Å². The highest BCUT2D eigenvalue weighted by Gasteiger charge is 2.31. The van der Waals surface area contributed by atoms with Gasteiger partial charge in [-0.3, -0.25) is 4.79 Å². The van der Waals surface area contributed by atoms with Gasteiger partial charge in [-0.05, 0) is 32.1 Å². The summed E-state index contributed by atoms with van der Waals surface area (Å²) in [5.41, 5.74) is 0.727. The maximum atomic E-state index is 12.2. The number of piperidine rings is 1. The zero-order valence-corrected chi connectivity index (χ0v) is 15.5. The molecule has 3 aromatic heterocycles. The van der Waals surface area contributed by atoms with Crippen LogP contribution in [0.2, 0.25) is 0 Å². The summed E-state index contributed by atoms with van der Waals surface area (Å²) in [4.78, 5) is 19.7. The van der Waals surface area contributed by atoms with Crippen LogP contribution in [0.15, 0.2) is 17.2 Å². The number of hydrogen-bond donors (Lipinski definition) is 0. The van der Waals surface area contributed by atoms with Gasteiger partial charge in [-0.15, -0.1) is 15.3 Å². The smallest absolute Gasteiger partial charge is 0.275 e. The molecule has 3 aromatic rings. The number of aromatic nitrogens is 6. The van der Waals surface area contributed by atoms with Crippen LogP contribution in [-0.2, 0) is 6.42 Å². The van der Waals surface area contributed by atoms with E-state index in [0.29, 0.717) is 16.9 Å². The Morgan fingerprint density at radius 1 is 1.23 bits per heavy atom. The number of nitrogens with zero attached hydrogens (tertiary/aromatic N) is 7. The zero-order chi connectivity index (χ0) is 17.7. The number of rotatable bonds is 4. The van der Waals surface area contributed by atoms with E-state index in [9.17, 15) is 4.79 Å². The fourth-order valence-electron chi connectivity index (χ4n) is 3.66. The van der Waals surface area contributed by atoms with Crippen molar-refractivity contribution in [1.29, 1.82) is 0 Å². The SMILES string of the molecule is CCc1cc(=O)n2nc(N3CCC(c4nncn4C4CC4)CC3)sc2n1. The van der Waals surface area contributed by atoms with Crippen LogP contribution >= 0.6 is 11.3 Å². The van der Waals surface area contributed by atoms with Crippen molar-refractivity contribution < 1.29 is 0 Å². The molecule has 26 heavy (non-hydrogen) atoms. The van der Waals surface area contributed by atoms with Crippen molar-refractivity contribution in [3.05, 3.63) is 34.3 Å². The highest BCUT2D eigenvalue weighted by Crippen LogP contribution is 2.39. The molecule has 1 saturated heterocycles. The molecular weight excluding hydrogens is 350 g/mol. The molecule has 0 unspecified atom stereocenters. The fraction of sp³-hybridized carbons (Fsp3) is 0.588. The number of hydrogen-bond acceptors (Lipinski definition) is 7. The Labute approximate surface area is 154 Å². The summed E-state index contributed by atoms with van der Waals surface area (Å²) in [6.45, 7) is 3.83. The van der Waals surface area contributed by atoms with Crippen LogP contribution in [0.25, 0.3) is 4.96 Å². The standard InChI is InChI=1S/C17H21N7OS/c1-2-12-9-14(25)24-16(19-12)26-17(21-24)22-7-5-11(6-8-22)15-20-18-10-23(15)13-3-4-13/h9-11,13H,2-8H2,1H3. The minimum atomic E-state index is -0.0956. The third-order valence-electron chi connectivity index (χ3n) is 5.32. The average Bonchev–Trinajstić information content (AvgIpc) is 3.22. The van der Waals surface area contributed by atoms with Gasteiger partial charge < -0.3 is 9.47 Å². The van der Waals surface area contributed by atoms with Gasteiger partial charge in [0, 0.05) is 36.8 Å². The molecule has 8 nitrogen and oxygen atoms in total. The minimum absolute atomic E-state index is 0.0956. The molecule has 2 fully saturated rings. The topological polar surface area (TPSA) is 81.2 Å². The molecule has 4 heterocycles. The Kier molecular flexibility index (Phi) is 3.77. The van der Waals surface area contributed by atoms with Crippen molar-refractivity contribution in [2.45, 2.75) is 51.0 Å². The monoisotopic (exact) mass is 371 g/mol. The van der Waals surface area contributed by atoms with Crippen LogP contribution in [0.5, 0.6) is 0 Å². The van der Waals surface area contributed by atoms with E-state index in [-0.39, 0.29) is 5.56 Å². The number of aryl methyl sites for hydroxylation is 1. The average molecular weight is 371 g/mol. The summed E-state index contributed by atoms with van der Waals surface area (Å²) >= 11 is 1.50. The lowest BCUT2D eigenvalue weighted by Crippen LogP contribution is -2.33. The van der Waals surface area contributed by atoms with E-state index in [2.05, 4.69) is 29.7 Å². The second kappa shape index (κ2) is 6.15. The highest BCUT2D eigenvalue weighted by atomic mass is 32.1. The molecule has 0 aromatic carbocycles. The van der Waals surface area contributed by atoms with Gasteiger partial charge in [0.1, 0.15) is 12.2 Å². The molecule has 2 aliphatic rings. The maximum Gasteiger partial charge on any atom is 0.275 e. The molecule has 1 saturated carbocycles. The van der Waals surface area contributed by atoms with Gasteiger partial charge in [-0.1, -0.05) is 18.3 Å². The van der Waals surface area contributed by atoms with E-state index < -0.39 is 0 Å². The molecule has 5 rings (SSSR count). The molecule has 1 aliphatic carbocycles. The van der Waals surface area contributed by atoms with Crippen LogP contribution in [0.4, 0.5) is 5.13 Å². The van der Waals surface area contributed by atoms with E-state index in [0.717, 1.165) is 49.0 Å². The van der Waals surface area contributed by atoms with Crippen molar-refractivity contribution in [3.8, 4) is 0 Å². The van der Waals surface area contributed by atoms with E-state index in [1.54, 1.807) is 6.07 Å². The third kappa shape index (κ3) is 2.70. The zero-order valence-electron chi connectivity index (χ0n) is 14.7. The lowest BCUT2D eigenvalue weighted by atomic mass is 9.96. The fourth-order valence-corrected chi connectivity index (χ4v) is 4.64. The normalized spacial score (nSPS) is 18.7. The first kappa shape index (κ1) is 15.9. The second-order valence-electron chi connectivity index (χ2n) is 7.11. The lowest BCUT2D eigenvalue weighted by molar-refractivity contribution is 0.464. The molecule has 9 heteroatoms. The summed E-state index contributed by atoms with van der Waals surface area (Å²) < 4.78 is 3.70. The Hall–Kier alpha value is -2.29. The van der Waals surface area contributed by atoms with Gasteiger partial charge in [0.05, 0.1) is 0 Å². The molecule has 136 valence electrons. The minimum Gasteiger partial charge on any atom is -0.347 e. The summed E-state index contributed by atoms with van der Waals surface area (Å²) in [5, 5.41) is 13.9. The largest absolute Gasteiger partial charge is 0.347 e. The van der Waals surface area contributed by atoms with Crippen LogP contribution in [0.3, 0.4) is 0 Å². The predicted molar refractivity (Wildman–Crippen MR) is 99.0 cm³/mol. The highest BCUT2D eigenvalue weighted by molar-refractivity contribution is 7.20. The van der Waals surface area contributed by atoms with E-state index in [1.165, 1.54) is 28.7 Å². The Morgan fingerprint density at radius 3 is 2.77 bits per heavy atom. The predicted octanol–water partition coefficient (Wildman–Crippen LogP) is 2.02. The van der Waals surface area contributed by atoms with Crippen molar-refractivity contribution in [2.24, 2.45) is 0 Å². The molecule has 0 atom stereocenters. The third-order valence-corrected chi connectivity index (χ3v) is 6.29. The summed E-state index contributed by atoms with van der Waals surface area (Å²) in [5.74, 6) is 1.60.